The molecule has 1 aliphatic rings. The maximum atomic E-state index is 12.0. The van der Waals surface area contributed by atoms with Gasteiger partial charge in [-0.25, -0.2) is 4.98 Å². The molecular weight excluding hydrogens is 258 g/mol. The van der Waals surface area contributed by atoms with E-state index >= 15 is 0 Å². The highest BCUT2D eigenvalue weighted by Gasteiger charge is 2.25. The number of anilines is 1. The number of nitrogens with zero attached hydrogens (tertiary/aromatic N) is 2. The zero-order valence-electron chi connectivity index (χ0n) is 10.1. The van der Waals surface area contributed by atoms with Crippen molar-refractivity contribution in [1.82, 2.24) is 4.98 Å². The van der Waals surface area contributed by atoms with Crippen molar-refractivity contribution in [1.29, 1.82) is 0 Å². The lowest BCUT2D eigenvalue weighted by atomic mass is 9.97. The number of piperidine rings is 1. The summed E-state index contributed by atoms with van der Waals surface area (Å²) in [5.41, 5.74) is 0. The first-order valence-corrected chi connectivity index (χ1v) is 5.95. The number of hydrogen-bond donors (Lipinski definition) is 1. The molecule has 0 aromatic carbocycles. The van der Waals surface area contributed by atoms with Gasteiger partial charge in [-0.2, -0.15) is 8.78 Å². The van der Waals surface area contributed by atoms with Gasteiger partial charge in [0.1, 0.15) is 11.6 Å². The summed E-state index contributed by atoms with van der Waals surface area (Å²) in [6.45, 7) is -1.67. The third-order valence-electron chi connectivity index (χ3n) is 3.11. The fraction of sp³-hybridized carbons (Fsp3) is 0.500. The molecular formula is C12H14F2N2O3. The molecule has 1 aliphatic heterocycles. The van der Waals surface area contributed by atoms with Crippen molar-refractivity contribution >= 4 is 11.8 Å². The first-order valence-electron chi connectivity index (χ1n) is 5.95. The number of hydrogen-bond acceptors (Lipinski definition) is 4. The molecule has 0 atom stereocenters. The Hall–Kier alpha value is -1.92. The van der Waals surface area contributed by atoms with Crippen LogP contribution >= 0.6 is 0 Å². The minimum Gasteiger partial charge on any atom is -0.481 e. The number of aromatic nitrogens is 1. The van der Waals surface area contributed by atoms with Crippen molar-refractivity contribution in [3.05, 3.63) is 18.3 Å². The first kappa shape index (κ1) is 13.5. The smallest absolute Gasteiger partial charge is 0.387 e. The normalized spacial score (nSPS) is 16.7. The predicted octanol–water partition coefficient (Wildman–Crippen LogP) is 1.98. The van der Waals surface area contributed by atoms with E-state index in [1.165, 1.54) is 12.3 Å². The van der Waals surface area contributed by atoms with Gasteiger partial charge in [0.2, 0.25) is 0 Å². The van der Waals surface area contributed by atoms with Crippen LogP contribution in [0.3, 0.4) is 0 Å². The molecule has 1 aromatic rings. The summed E-state index contributed by atoms with van der Waals surface area (Å²) in [5, 5.41) is 8.89. The summed E-state index contributed by atoms with van der Waals surface area (Å²) in [4.78, 5) is 16.8. The molecule has 7 heteroatoms. The van der Waals surface area contributed by atoms with Crippen molar-refractivity contribution in [3.8, 4) is 5.75 Å². The second kappa shape index (κ2) is 5.81. The van der Waals surface area contributed by atoms with E-state index in [1.54, 1.807) is 6.07 Å². The highest BCUT2D eigenvalue weighted by Crippen LogP contribution is 2.23. The highest BCUT2D eigenvalue weighted by atomic mass is 19.3. The molecule has 0 bridgehead atoms. The quantitative estimate of drug-likeness (QED) is 0.908. The van der Waals surface area contributed by atoms with Crippen LogP contribution in [0.4, 0.5) is 14.6 Å². The number of carboxylic acid groups (broad SMARTS) is 1. The molecule has 0 amide bonds. The number of carboxylic acids is 1. The number of aliphatic carboxylic acids is 1. The molecule has 1 fully saturated rings. The molecule has 1 saturated heterocycles. The standard InChI is InChI=1S/C12H14F2N2O3/c13-12(14)19-9-1-2-10(15-7-9)16-5-3-8(4-6-16)11(17)18/h1-2,7-8,12H,3-6H2,(H,17,18). The minimum absolute atomic E-state index is 0.0131. The third kappa shape index (κ3) is 3.52. The Kier molecular flexibility index (Phi) is 4.13. The van der Waals surface area contributed by atoms with Gasteiger partial charge in [0.05, 0.1) is 12.1 Å². The predicted molar refractivity (Wildman–Crippen MR) is 63.4 cm³/mol. The molecule has 0 radical (unpaired) electrons. The van der Waals surface area contributed by atoms with E-state index < -0.39 is 12.6 Å². The van der Waals surface area contributed by atoms with Crippen LogP contribution in [0.2, 0.25) is 0 Å². The molecule has 1 aromatic heterocycles. The van der Waals surface area contributed by atoms with Crippen LogP contribution in [0.25, 0.3) is 0 Å². The highest BCUT2D eigenvalue weighted by molar-refractivity contribution is 5.70. The topological polar surface area (TPSA) is 62.7 Å². The first-order chi connectivity index (χ1) is 9.06. The molecule has 19 heavy (non-hydrogen) atoms. The second-order valence-electron chi connectivity index (χ2n) is 4.33. The van der Waals surface area contributed by atoms with Gasteiger partial charge in [0.15, 0.2) is 0 Å². The van der Waals surface area contributed by atoms with Crippen molar-refractivity contribution in [2.45, 2.75) is 19.5 Å². The van der Waals surface area contributed by atoms with Crippen LogP contribution in [0.15, 0.2) is 18.3 Å². The summed E-state index contributed by atoms with van der Waals surface area (Å²) in [7, 11) is 0. The Labute approximate surface area is 108 Å². The van der Waals surface area contributed by atoms with Gasteiger partial charge < -0.3 is 14.7 Å². The van der Waals surface area contributed by atoms with Crippen molar-refractivity contribution in [3.63, 3.8) is 0 Å². The number of alkyl halides is 2. The van der Waals surface area contributed by atoms with E-state index in [1.807, 2.05) is 4.90 Å². The summed E-state index contributed by atoms with van der Waals surface area (Å²) < 4.78 is 28.2. The Morgan fingerprint density at radius 2 is 2.11 bits per heavy atom. The van der Waals surface area contributed by atoms with E-state index in [0.717, 1.165) is 0 Å². The molecule has 2 heterocycles. The maximum Gasteiger partial charge on any atom is 0.387 e. The molecule has 1 N–H and O–H groups in total. The lowest BCUT2D eigenvalue weighted by Gasteiger charge is -2.30. The molecule has 104 valence electrons. The SMILES string of the molecule is O=C(O)C1CCN(c2ccc(OC(F)F)cn2)CC1. The van der Waals surface area contributed by atoms with Crippen molar-refractivity contribution < 1.29 is 23.4 Å². The fourth-order valence-electron chi connectivity index (χ4n) is 2.09. The van der Waals surface area contributed by atoms with E-state index in [-0.39, 0.29) is 11.7 Å². The van der Waals surface area contributed by atoms with Gasteiger partial charge in [0, 0.05) is 13.1 Å². The average Bonchev–Trinajstić information content (AvgIpc) is 2.39. The van der Waals surface area contributed by atoms with E-state index in [9.17, 15) is 13.6 Å². The number of ether oxygens (including phenoxy) is 1. The number of pyridine rings is 1. The lowest BCUT2D eigenvalue weighted by Crippen LogP contribution is -2.36. The minimum atomic E-state index is -2.86. The second-order valence-corrected chi connectivity index (χ2v) is 4.33. The van der Waals surface area contributed by atoms with Crippen LogP contribution in [-0.4, -0.2) is 35.8 Å². The molecule has 5 nitrogen and oxygen atoms in total. The Morgan fingerprint density at radius 3 is 2.58 bits per heavy atom. The van der Waals surface area contributed by atoms with Crippen molar-refractivity contribution in [2.75, 3.05) is 18.0 Å². The third-order valence-corrected chi connectivity index (χ3v) is 3.11. The van der Waals surface area contributed by atoms with Crippen LogP contribution in [0, 0.1) is 5.92 Å². The van der Waals surface area contributed by atoms with Crippen molar-refractivity contribution in [2.24, 2.45) is 5.92 Å². The van der Waals surface area contributed by atoms with Gasteiger partial charge in [-0.3, -0.25) is 4.79 Å². The molecule has 2 rings (SSSR count). The van der Waals surface area contributed by atoms with E-state index in [4.69, 9.17) is 5.11 Å². The Morgan fingerprint density at radius 1 is 1.42 bits per heavy atom. The largest absolute Gasteiger partial charge is 0.481 e. The molecule has 0 unspecified atom stereocenters. The summed E-state index contributed by atoms with van der Waals surface area (Å²) in [6, 6.07) is 3.02. The molecule has 0 saturated carbocycles. The van der Waals surface area contributed by atoms with E-state index in [2.05, 4.69) is 9.72 Å². The average molecular weight is 272 g/mol. The Bertz CT molecular complexity index is 431. The fourth-order valence-corrected chi connectivity index (χ4v) is 2.09. The molecule has 0 spiro atoms. The van der Waals surface area contributed by atoms with Gasteiger partial charge in [-0.1, -0.05) is 0 Å². The number of rotatable bonds is 4. The zero-order chi connectivity index (χ0) is 13.8. The summed E-state index contributed by atoms with van der Waals surface area (Å²) >= 11 is 0. The van der Waals surface area contributed by atoms with Gasteiger partial charge >= 0.3 is 12.6 Å². The van der Waals surface area contributed by atoms with Gasteiger partial charge in [-0.05, 0) is 25.0 Å². The van der Waals surface area contributed by atoms with Gasteiger partial charge in [0.25, 0.3) is 0 Å². The number of halogens is 2. The molecule has 0 aliphatic carbocycles. The van der Waals surface area contributed by atoms with Crippen LogP contribution in [-0.2, 0) is 4.79 Å². The van der Waals surface area contributed by atoms with E-state index in [0.29, 0.717) is 31.7 Å². The van der Waals surface area contributed by atoms with Crippen LogP contribution in [0.5, 0.6) is 5.75 Å². The Balaban J connectivity index is 1.94. The summed E-state index contributed by atoms with van der Waals surface area (Å²) in [6.07, 6.45) is 2.36. The monoisotopic (exact) mass is 272 g/mol. The van der Waals surface area contributed by atoms with Crippen LogP contribution < -0.4 is 9.64 Å². The lowest BCUT2D eigenvalue weighted by molar-refractivity contribution is -0.142. The number of carbonyl (C=O) groups is 1. The van der Waals surface area contributed by atoms with Crippen LogP contribution in [0.1, 0.15) is 12.8 Å². The van der Waals surface area contributed by atoms with Gasteiger partial charge in [-0.15, -0.1) is 0 Å². The summed E-state index contributed by atoms with van der Waals surface area (Å²) in [5.74, 6) is -0.421. The zero-order valence-corrected chi connectivity index (χ0v) is 10.1. The maximum absolute atomic E-state index is 12.0.